The first kappa shape index (κ1) is 14.2. The van der Waals surface area contributed by atoms with Crippen LogP contribution in [0.4, 0.5) is 5.69 Å². The van der Waals surface area contributed by atoms with Crippen LogP contribution in [0.1, 0.15) is 27.2 Å². The van der Waals surface area contributed by atoms with E-state index >= 15 is 0 Å². The van der Waals surface area contributed by atoms with Gasteiger partial charge >= 0.3 is 0 Å². The van der Waals surface area contributed by atoms with E-state index < -0.39 is 10.8 Å². The van der Waals surface area contributed by atoms with Gasteiger partial charge in [-0.15, -0.1) is 16.4 Å². The van der Waals surface area contributed by atoms with Gasteiger partial charge in [-0.25, -0.2) is 5.43 Å². The van der Waals surface area contributed by atoms with Crippen LogP contribution in [0.15, 0.2) is 16.5 Å². The van der Waals surface area contributed by atoms with Crippen LogP contribution in [0, 0.1) is 17.0 Å². The van der Waals surface area contributed by atoms with Crippen molar-refractivity contribution in [3.05, 3.63) is 37.0 Å². The minimum Gasteiger partial charge on any atom is -0.266 e. The molecule has 2 heterocycles. The maximum atomic E-state index is 11.8. The summed E-state index contributed by atoms with van der Waals surface area (Å²) in [6, 6.07) is 1.41. The summed E-state index contributed by atoms with van der Waals surface area (Å²) >= 11 is 2.18. The molecule has 0 atom stereocenters. The Morgan fingerprint density at radius 2 is 2.30 bits per heavy atom. The third kappa shape index (κ3) is 3.03. The van der Waals surface area contributed by atoms with Crippen molar-refractivity contribution in [1.29, 1.82) is 0 Å². The predicted octanol–water partition coefficient (Wildman–Crippen LogP) is 1.97. The molecule has 2 rings (SSSR count). The van der Waals surface area contributed by atoms with E-state index in [9.17, 15) is 14.9 Å². The highest BCUT2D eigenvalue weighted by atomic mass is 32.1. The minimum atomic E-state index is -0.474. The molecule has 0 aliphatic carbocycles. The molecular weight excluding hydrogens is 302 g/mol. The molecule has 20 heavy (non-hydrogen) atoms. The van der Waals surface area contributed by atoms with Crippen molar-refractivity contribution >= 4 is 40.2 Å². The van der Waals surface area contributed by atoms with Crippen molar-refractivity contribution in [2.45, 2.75) is 13.8 Å². The quantitative estimate of drug-likeness (QED) is 0.527. The van der Waals surface area contributed by atoms with E-state index in [1.807, 2.05) is 0 Å². The van der Waals surface area contributed by atoms with E-state index in [-0.39, 0.29) is 5.69 Å². The van der Waals surface area contributed by atoms with Crippen molar-refractivity contribution < 1.29 is 9.72 Å². The summed E-state index contributed by atoms with van der Waals surface area (Å²) in [7, 11) is 0. The summed E-state index contributed by atoms with van der Waals surface area (Å²) in [6.45, 7) is 3.34. The van der Waals surface area contributed by atoms with E-state index in [4.69, 9.17) is 0 Å². The van der Waals surface area contributed by atoms with Crippen molar-refractivity contribution in [3.63, 3.8) is 0 Å². The summed E-state index contributed by atoms with van der Waals surface area (Å²) in [5, 5.41) is 19.7. The van der Waals surface area contributed by atoms with Gasteiger partial charge in [-0.1, -0.05) is 4.49 Å². The Bertz CT molecular complexity index is 691. The molecule has 2 aromatic rings. The highest BCUT2D eigenvalue weighted by molar-refractivity contribution is 7.12. The van der Waals surface area contributed by atoms with Crippen LogP contribution < -0.4 is 5.43 Å². The number of nitrogens with zero attached hydrogens (tertiary/aromatic N) is 4. The fourth-order valence-electron chi connectivity index (χ4n) is 1.29. The molecule has 0 saturated carbocycles. The van der Waals surface area contributed by atoms with E-state index in [0.29, 0.717) is 21.2 Å². The molecule has 1 amide bonds. The fraction of sp³-hybridized carbons (Fsp3) is 0.200. The largest absolute Gasteiger partial charge is 0.285 e. The van der Waals surface area contributed by atoms with Crippen molar-refractivity contribution in [2.24, 2.45) is 5.10 Å². The summed E-state index contributed by atoms with van der Waals surface area (Å²) in [6.07, 6.45) is 0. The molecule has 0 saturated heterocycles. The van der Waals surface area contributed by atoms with Crippen LogP contribution in [0.5, 0.6) is 0 Å². The third-order valence-corrected chi connectivity index (χ3v) is 4.19. The monoisotopic (exact) mass is 311 g/mol. The van der Waals surface area contributed by atoms with Crippen LogP contribution in [0.2, 0.25) is 0 Å². The Balaban J connectivity index is 2.09. The first-order chi connectivity index (χ1) is 9.49. The van der Waals surface area contributed by atoms with Crippen molar-refractivity contribution in [1.82, 2.24) is 15.0 Å². The molecule has 2 aromatic heterocycles. The second-order valence-corrected chi connectivity index (χ2v) is 5.42. The van der Waals surface area contributed by atoms with Crippen LogP contribution in [0.25, 0.3) is 0 Å². The Labute approximate surface area is 121 Å². The van der Waals surface area contributed by atoms with Crippen LogP contribution >= 0.6 is 22.9 Å². The Morgan fingerprint density at radius 3 is 2.85 bits per heavy atom. The number of rotatable bonds is 4. The molecule has 0 fully saturated rings. The number of aromatic nitrogens is 2. The number of aryl methyl sites for hydroxylation is 1. The van der Waals surface area contributed by atoms with Crippen LogP contribution in [-0.2, 0) is 0 Å². The Hall–Kier alpha value is -2.20. The highest BCUT2D eigenvalue weighted by Gasteiger charge is 2.14. The molecule has 0 aliphatic rings. The van der Waals surface area contributed by atoms with Gasteiger partial charge < -0.3 is 0 Å². The average Bonchev–Trinajstić information content (AvgIpc) is 3.04. The van der Waals surface area contributed by atoms with E-state index in [1.54, 1.807) is 13.8 Å². The van der Waals surface area contributed by atoms with Crippen LogP contribution in [-0.4, -0.2) is 26.1 Å². The second-order valence-electron chi connectivity index (χ2n) is 3.75. The van der Waals surface area contributed by atoms with E-state index in [0.717, 1.165) is 11.5 Å². The van der Waals surface area contributed by atoms with Crippen molar-refractivity contribution in [2.75, 3.05) is 0 Å². The number of hydrazone groups is 1. The van der Waals surface area contributed by atoms with Gasteiger partial charge in [0.2, 0.25) is 0 Å². The molecule has 0 aliphatic heterocycles. The number of thiophene rings is 1. The number of nitro groups is 1. The number of carbonyl (C=O) groups excluding carboxylic acids is 1. The van der Waals surface area contributed by atoms with E-state index in [1.165, 1.54) is 22.8 Å². The summed E-state index contributed by atoms with van der Waals surface area (Å²) < 4.78 is 3.66. The third-order valence-electron chi connectivity index (χ3n) is 2.34. The number of carbonyl (C=O) groups is 1. The second kappa shape index (κ2) is 5.84. The van der Waals surface area contributed by atoms with Gasteiger partial charge in [-0.3, -0.25) is 14.9 Å². The highest BCUT2D eigenvalue weighted by Crippen LogP contribution is 2.21. The SMILES string of the molecule is C/C(=N/NC(=O)c1snnc1C)c1cc([N+](=O)[O-])cs1. The number of nitrogens with one attached hydrogen (secondary N) is 1. The molecule has 1 N–H and O–H groups in total. The number of hydrogen-bond donors (Lipinski definition) is 1. The minimum absolute atomic E-state index is 0.00776. The summed E-state index contributed by atoms with van der Waals surface area (Å²) in [5.41, 5.74) is 3.41. The zero-order valence-corrected chi connectivity index (χ0v) is 12.1. The van der Waals surface area contributed by atoms with Crippen LogP contribution in [0.3, 0.4) is 0 Å². The molecule has 10 heteroatoms. The Kier molecular flexibility index (Phi) is 4.15. The summed E-state index contributed by atoms with van der Waals surface area (Å²) in [4.78, 5) is 22.9. The molecular formula is C10H9N5O3S2. The summed E-state index contributed by atoms with van der Waals surface area (Å²) in [5.74, 6) is -0.400. The zero-order chi connectivity index (χ0) is 14.7. The normalized spacial score (nSPS) is 11.4. The van der Waals surface area contributed by atoms with Crippen molar-refractivity contribution in [3.8, 4) is 0 Å². The van der Waals surface area contributed by atoms with Gasteiger partial charge in [-0.05, 0) is 25.4 Å². The van der Waals surface area contributed by atoms with Gasteiger partial charge in [0.05, 0.1) is 26.6 Å². The van der Waals surface area contributed by atoms with Gasteiger partial charge in [0.15, 0.2) is 0 Å². The topological polar surface area (TPSA) is 110 Å². The first-order valence-electron chi connectivity index (χ1n) is 5.36. The smallest absolute Gasteiger partial charge is 0.266 e. The lowest BCUT2D eigenvalue weighted by molar-refractivity contribution is -0.384. The zero-order valence-electron chi connectivity index (χ0n) is 10.5. The molecule has 0 bridgehead atoms. The molecule has 104 valence electrons. The van der Waals surface area contributed by atoms with E-state index in [2.05, 4.69) is 20.1 Å². The molecule has 8 nitrogen and oxygen atoms in total. The Morgan fingerprint density at radius 1 is 1.55 bits per heavy atom. The lowest BCUT2D eigenvalue weighted by atomic mass is 10.3. The number of hydrogen-bond acceptors (Lipinski definition) is 8. The lowest BCUT2D eigenvalue weighted by Gasteiger charge is -1.98. The first-order valence-corrected chi connectivity index (χ1v) is 7.01. The maximum absolute atomic E-state index is 11.8. The van der Waals surface area contributed by atoms with Gasteiger partial charge in [0, 0.05) is 6.07 Å². The number of amides is 1. The molecule has 0 aromatic carbocycles. The van der Waals surface area contributed by atoms with Gasteiger partial charge in [0.25, 0.3) is 11.6 Å². The fourth-order valence-corrected chi connectivity index (χ4v) is 2.65. The standard InChI is InChI=1S/C10H9N5O3S2/c1-5(8-3-7(4-19-8)15(17)18)11-13-10(16)9-6(2)12-14-20-9/h3-4H,1-2H3,(H,13,16)/b11-5-. The van der Waals surface area contributed by atoms with Gasteiger partial charge in [0.1, 0.15) is 4.88 Å². The molecule has 0 radical (unpaired) electrons. The van der Waals surface area contributed by atoms with Gasteiger partial charge in [-0.2, -0.15) is 5.10 Å². The predicted molar refractivity (Wildman–Crippen MR) is 75.3 cm³/mol. The maximum Gasteiger partial charge on any atom is 0.285 e. The average molecular weight is 311 g/mol. The molecule has 0 spiro atoms. The lowest BCUT2D eigenvalue weighted by Crippen LogP contribution is -2.18. The molecule has 0 unspecified atom stereocenters.